The van der Waals surface area contributed by atoms with Gasteiger partial charge in [0.1, 0.15) is 17.4 Å². The standard InChI is InChI=1S/C18H22N2O4/c1-10(15-9-13-5-3-4-6-14(13)24-15)19-18(23)16(11(2)21)20-17(22)12-7-8-12/h3-6,9-12,16,21H,7-8H2,1-2H3,(H,19,23)(H,20,22). The van der Waals surface area contributed by atoms with Gasteiger partial charge in [-0.2, -0.15) is 0 Å². The molecule has 3 N–H and O–H groups in total. The summed E-state index contributed by atoms with van der Waals surface area (Å²) in [6, 6.07) is 8.14. The van der Waals surface area contributed by atoms with Gasteiger partial charge in [0.25, 0.3) is 0 Å². The highest BCUT2D eigenvalue weighted by Crippen LogP contribution is 2.29. The second-order valence-electron chi connectivity index (χ2n) is 6.42. The van der Waals surface area contributed by atoms with Crippen LogP contribution >= 0.6 is 0 Å². The third kappa shape index (κ3) is 3.59. The SMILES string of the molecule is CC(NC(=O)C(NC(=O)C1CC1)C(C)O)c1cc2ccccc2o1. The third-order valence-electron chi connectivity index (χ3n) is 4.24. The van der Waals surface area contributed by atoms with Crippen molar-refractivity contribution in [2.24, 2.45) is 5.92 Å². The molecule has 3 rings (SSSR count). The summed E-state index contributed by atoms with van der Waals surface area (Å²) in [5.41, 5.74) is 0.753. The molecule has 2 aromatic rings. The molecule has 3 atom stereocenters. The van der Waals surface area contributed by atoms with Crippen molar-refractivity contribution in [2.45, 2.75) is 44.9 Å². The minimum Gasteiger partial charge on any atom is -0.459 e. The Bertz CT molecular complexity index is 715. The molecule has 1 aliphatic carbocycles. The van der Waals surface area contributed by atoms with Crippen LogP contribution in [-0.4, -0.2) is 29.1 Å². The van der Waals surface area contributed by atoms with E-state index in [0.717, 1.165) is 23.8 Å². The Morgan fingerprint density at radius 2 is 1.92 bits per heavy atom. The zero-order valence-electron chi connectivity index (χ0n) is 13.8. The van der Waals surface area contributed by atoms with Gasteiger partial charge in [-0.1, -0.05) is 18.2 Å². The molecular weight excluding hydrogens is 308 g/mol. The lowest BCUT2D eigenvalue weighted by molar-refractivity contribution is -0.132. The number of rotatable bonds is 6. The number of nitrogens with one attached hydrogen (secondary N) is 2. The lowest BCUT2D eigenvalue weighted by atomic mass is 10.1. The number of para-hydroxylation sites is 1. The Labute approximate surface area is 140 Å². The van der Waals surface area contributed by atoms with Crippen molar-refractivity contribution in [3.8, 4) is 0 Å². The zero-order chi connectivity index (χ0) is 17.3. The van der Waals surface area contributed by atoms with E-state index < -0.39 is 18.1 Å². The highest BCUT2D eigenvalue weighted by atomic mass is 16.3. The quantitative estimate of drug-likeness (QED) is 0.754. The number of carbonyl (C=O) groups is 2. The van der Waals surface area contributed by atoms with Gasteiger partial charge < -0.3 is 20.2 Å². The average Bonchev–Trinajstić information content (AvgIpc) is 3.30. The van der Waals surface area contributed by atoms with E-state index in [2.05, 4.69) is 10.6 Å². The van der Waals surface area contributed by atoms with E-state index in [1.165, 1.54) is 6.92 Å². The number of benzene rings is 1. The maximum absolute atomic E-state index is 12.4. The van der Waals surface area contributed by atoms with Crippen molar-refractivity contribution >= 4 is 22.8 Å². The summed E-state index contributed by atoms with van der Waals surface area (Å²) < 4.78 is 5.74. The number of carbonyl (C=O) groups excluding carboxylic acids is 2. The summed E-state index contributed by atoms with van der Waals surface area (Å²) in [4.78, 5) is 24.3. The number of furan rings is 1. The van der Waals surface area contributed by atoms with Crippen LogP contribution in [0.1, 0.15) is 38.5 Å². The van der Waals surface area contributed by atoms with Crippen molar-refractivity contribution in [1.82, 2.24) is 10.6 Å². The Kier molecular flexibility index (Phi) is 4.57. The molecule has 6 nitrogen and oxygen atoms in total. The minimum absolute atomic E-state index is 0.0214. The fourth-order valence-corrected chi connectivity index (χ4v) is 2.61. The van der Waals surface area contributed by atoms with E-state index in [1.54, 1.807) is 6.92 Å². The van der Waals surface area contributed by atoms with Crippen molar-refractivity contribution < 1.29 is 19.1 Å². The molecule has 1 aliphatic rings. The lowest BCUT2D eigenvalue weighted by Gasteiger charge is -2.22. The van der Waals surface area contributed by atoms with Crippen LogP contribution in [0.15, 0.2) is 34.7 Å². The van der Waals surface area contributed by atoms with Gasteiger partial charge in [0.15, 0.2) is 0 Å². The topological polar surface area (TPSA) is 91.6 Å². The van der Waals surface area contributed by atoms with Gasteiger partial charge >= 0.3 is 0 Å². The highest BCUT2D eigenvalue weighted by Gasteiger charge is 2.34. The summed E-state index contributed by atoms with van der Waals surface area (Å²) in [5, 5.41) is 16.2. The molecule has 2 amide bonds. The van der Waals surface area contributed by atoms with Gasteiger partial charge in [-0.15, -0.1) is 0 Å². The largest absolute Gasteiger partial charge is 0.459 e. The molecule has 1 aromatic carbocycles. The molecule has 1 saturated carbocycles. The first kappa shape index (κ1) is 16.5. The van der Waals surface area contributed by atoms with Crippen LogP contribution in [0.25, 0.3) is 11.0 Å². The number of hydrogen-bond donors (Lipinski definition) is 3. The third-order valence-corrected chi connectivity index (χ3v) is 4.24. The maximum atomic E-state index is 12.4. The van der Waals surface area contributed by atoms with Gasteiger partial charge in [-0.25, -0.2) is 0 Å². The average molecular weight is 330 g/mol. The minimum atomic E-state index is -0.976. The van der Waals surface area contributed by atoms with Crippen molar-refractivity contribution in [3.05, 3.63) is 36.1 Å². The van der Waals surface area contributed by atoms with Crippen molar-refractivity contribution in [2.75, 3.05) is 0 Å². The number of aliphatic hydroxyl groups is 1. The first-order valence-electron chi connectivity index (χ1n) is 8.23. The van der Waals surface area contributed by atoms with Crippen molar-refractivity contribution in [1.29, 1.82) is 0 Å². The highest BCUT2D eigenvalue weighted by molar-refractivity contribution is 5.90. The van der Waals surface area contributed by atoms with E-state index in [0.29, 0.717) is 5.76 Å². The second kappa shape index (κ2) is 6.65. The smallest absolute Gasteiger partial charge is 0.245 e. The zero-order valence-corrected chi connectivity index (χ0v) is 13.8. The van der Waals surface area contributed by atoms with Crippen LogP contribution in [0.3, 0.4) is 0 Å². The summed E-state index contributed by atoms with van der Waals surface area (Å²) in [5.74, 6) is 0.00801. The Balaban J connectivity index is 1.67. The summed E-state index contributed by atoms with van der Waals surface area (Å²) >= 11 is 0. The molecule has 1 fully saturated rings. The monoisotopic (exact) mass is 330 g/mol. The van der Waals surface area contributed by atoms with E-state index in [-0.39, 0.29) is 17.9 Å². The van der Waals surface area contributed by atoms with Gasteiger partial charge in [0, 0.05) is 11.3 Å². The molecule has 1 heterocycles. The van der Waals surface area contributed by atoms with Crippen LogP contribution in [-0.2, 0) is 9.59 Å². The van der Waals surface area contributed by atoms with Crippen LogP contribution in [0.4, 0.5) is 0 Å². The fraction of sp³-hybridized carbons (Fsp3) is 0.444. The molecule has 128 valence electrons. The molecule has 1 aromatic heterocycles. The predicted molar refractivity (Wildman–Crippen MR) is 89.1 cm³/mol. The number of aliphatic hydroxyl groups excluding tert-OH is 1. The van der Waals surface area contributed by atoms with Gasteiger partial charge in [-0.3, -0.25) is 9.59 Å². The van der Waals surface area contributed by atoms with E-state index in [9.17, 15) is 14.7 Å². The Hall–Kier alpha value is -2.34. The molecule has 3 unspecified atom stereocenters. The molecule has 0 spiro atoms. The first-order valence-corrected chi connectivity index (χ1v) is 8.23. The first-order chi connectivity index (χ1) is 11.5. The molecule has 0 saturated heterocycles. The maximum Gasteiger partial charge on any atom is 0.245 e. The predicted octanol–water partition coefficient (Wildman–Crippen LogP) is 1.89. The number of amides is 2. The van der Waals surface area contributed by atoms with E-state index in [4.69, 9.17) is 4.42 Å². The van der Waals surface area contributed by atoms with Crippen LogP contribution in [0, 0.1) is 5.92 Å². The molecule has 6 heteroatoms. The second-order valence-corrected chi connectivity index (χ2v) is 6.42. The molecule has 0 bridgehead atoms. The van der Waals surface area contributed by atoms with Gasteiger partial charge in [0.05, 0.1) is 12.1 Å². The summed E-state index contributed by atoms with van der Waals surface area (Å²) in [6.45, 7) is 3.29. The molecule has 0 aliphatic heterocycles. The van der Waals surface area contributed by atoms with Gasteiger partial charge in [-0.05, 0) is 38.8 Å². The molecular formula is C18H22N2O4. The lowest BCUT2D eigenvalue weighted by Crippen LogP contribution is -2.53. The number of hydrogen-bond acceptors (Lipinski definition) is 4. The summed E-state index contributed by atoms with van der Waals surface area (Å²) in [7, 11) is 0. The Morgan fingerprint density at radius 1 is 1.21 bits per heavy atom. The Morgan fingerprint density at radius 3 is 2.54 bits per heavy atom. The van der Waals surface area contributed by atoms with Crippen molar-refractivity contribution in [3.63, 3.8) is 0 Å². The molecule has 24 heavy (non-hydrogen) atoms. The summed E-state index contributed by atoms with van der Waals surface area (Å²) in [6.07, 6.45) is 0.709. The van der Waals surface area contributed by atoms with Crippen LogP contribution in [0.5, 0.6) is 0 Å². The molecule has 0 radical (unpaired) electrons. The van der Waals surface area contributed by atoms with Gasteiger partial charge in [0.2, 0.25) is 11.8 Å². The van der Waals surface area contributed by atoms with E-state index in [1.807, 2.05) is 30.3 Å². The normalized spacial score (nSPS) is 18.0. The van der Waals surface area contributed by atoms with Crippen LogP contribution < -0.4 is 10.6 Å². The number of fused-ring (bicyclic) bond motifs is 1. The van der Waals surface area contributed by atoms with E-state index >= 15 is 0 Å². The van der Waals surface area contributed by atoms with Crippen LogP contribution in [0.2, 0.25) is 0 Å². The fourth-order valence-electron chi connectivity index (χ4n) is 2.61.